The van der Waals surface area contributed by atoms with Crippen LogP contribution in [0.1, 0.15) is 15.4 Å². The van der Waals surface area contributed by atoms with Crippen LogP contribution in [-0.4, -0.2) is 19.3 Å². The zero-order valence-corrected chi connectivity index (χ0v) is 16.9. The van der Waals surface area contributed by atoms with Gasteiger partial charge in [0.05, 0.1) is 20.9 Å². The minimum Gasteiger partial charge on any atom is -0.315 e. The average Bonchev–Trinajstić information content (AvgIpc) is 3.08. The summed E-state index contributed by atoms with van der Waals surface area (Å²) in [5.41, 5.74) is 2.00. The van der Waals surface area contributed by atoms with Gasteiger partial charge in [0, 0.05) is 11.3 Å². The molecule has 0 unspecified atom stereocenters. The number of anilines is 2. The van der Waals surface area contributed by atoms with Gasteiger partial charge in [-0.1, -0.05) is 18.2 Å². The number of carbonyl (C=O) groups excluding carboxylic acids is 1. The molecular weight excluding hydrogens is 406 g/mol. The van der Waals surface area contributed by atoms with Gasteiger partial charge >= 0.3 is 0 Å². The van der Waals surface area contributed by atoms with Crippen molar-refractivity contribution in [2.45, 2.75) is 11.8 Å². The molecule has 0 bridgehead atoms. The number of benzene rings is 2. The smallest absolute Gasteiger partial charge is 0.269 e. The Balaban J connectivity index is 1.49. The number of thiazole rings is 1. The molecule has 1 aromatic heterocycles. The molecule has 2 N–H and O–H groups in total. The molecule has 4 rings (SSSR count). The van der Waals surface area contributed by atoms with Gasteiger partial charge in [-0.05, 0) is 61.5 Å². The normalized spacial score (nSPS) is 11.1. The molecule has 0 fully saturated rings. The molecule has 6 nitrogen and oxygen atoms in total. The number of amides is 1. The molecule has 0 saturated carbocycles. The molecule has 1 heterocycles. The summed E-state index contributed by atoms with van der Waals surface area (Å²) in [5.74, 6) is -0.333. The quantitative estimate of drug-likeness (QED) is 0.504. The summed E-state index contributed by atoms with van der Waals surface area (Å²) in [7, 11) is -3.79. The molecule has 0 aliphatic rings. The van der Waals surface area contributed by atoms with E-state index >= 15 is 0 Å². The summed E-state index contributed by atoms with van der Waals surface area (Å²) in [6, 6.07) is 22.0. The van der Waals surface area contributed by atoms with Crippen molar-refractivity contribution in [3.05, 3.63) is 83.4 Å². The van der Waals surface area contributed by atoms with Crippen molar-refractivity contribution in [1.29, 1.82) is 0 Å². The van der Waals surface area contributed by atoms with E-state index in [0.717, 1.165) is 15.2 Å². The Morgan fingerprint density at radius 1 is 1.03 bits per heavy atom. The number of aryl methyl sites for hydroxylation is 1. The van der Waals surface area contributed by atoms with Crippen molar-refractivity contribution in [2.75, 3.05) is 10.0 Å². The maximum absolute atomic E-state index is 12.5. The second kappa shape index (κ2) is 7.54. The number of aromatic nitrogens is 1. The van der Waals surface area contributed by atoms with E-state index in [2.05, 4.69) is 27.2 Å². The van der Waals surface area contributed by atoms with E-state index in [1.165, 1.54) is 12.1 Å². The first kappa shape index (κ1) is 18.9. The van der Waals surface area contributed by atoms with Gasteiger partial charge < -0.3 is 5.32 Å². The number of nitrogens with one attached hydrogen (secondary N) is 2. The standard InChI is InChI=1S/C21H15N3O3S2/c1-14-22-19-13-15(7-12-20(19)28-14)21(25)23-16-8-10-18(11-9-16)29(26,27)24-17-5-3-2-4-6-17/h2-8,10,12-13,24H,1H3,(H,23,25). The van der Waals surface area contributed by atoms with Crippen molar-refractivity contribution in [3.8, 4) is 0 Å². The molecule has 0 atom stereocenters. The molecule has 0 saturated heterocycles. The molecule has 0 radical (unpaired) electrons. The van der Waals surface area contributed by atoms with Crippen LogP contribution in [-0.2, 0) is 10.0 Å². The zero-order valence-electron chi connectivity index (χ0n) is 15.3. The van der Waals surface area contributed by atoms with Gasteiger partial charge in [0.1, 0.15) is 4.90 Å². The van der Waals surface area contributed by atoms with Crippen LogP contribution in [0.2, 0.25) is 0 Å². The minimum atomic E-state index is -3.79. The Kier molecular flexibility index (Phi) is 4.92. The molecule has 0 aliphatic carbocycles. The number of para-hydroxylation sites is 1. The van der Waals surface area contributed by atoms with Crippen molar-refractivity contribution in [1.82, 2.24) is 4.98 Å². The van der Waals surface area contributed by atoms with Crippen molar-refractivity contribution in [3.63, 3.8) is 0 Å². The van der Waals surface area contributed by atoms with E-state index < -0.39 is 10.0 Å². The number of nitrogens with zero attached hydrogens (tertiary/aromatic N) is 1. The van der Waals surface area contributed by atoms with Crippen LogP contribution in [0.5, 0.6) is 0 Å². The molecule has 3 aromatic carbocycles. The maximum Gasteiger partial charge on any atom is 0.269 e. The summed E-state index contributed by atoms with van der Waals surface area (Å²) in [5, 5.41) is 3.62. The Hall–Kier alpha value is -3.41. The summed E-state index contributed by atoms with van der Waals surface area (Å²) in [6.45, 7) is 1.91. The lowest BCUT2D eigenvalue weighted by Gasteiger charge is -2.07. The monoisotopic (exact) mass is 421 g/mol. The van der Waals surface area contributed by atoms with Crippen LogP contribution >= 0.6 is 11.3 Å². The first-order chi connectivity index (χ1) is 13.9. The van der Waals surface area contributed by atoms with Crippen molar-refractivity contribution in [2.24, 2.45) is 0 Å². The zero-order chi connectivity index (χ0) is 20.4. The van der Waals surface area contributed by atoms with E-state index in [1.54, 1.807) is 53.8 Å². The van der Waals surface area contributed by atoms with Gasteiger partial charge in [-0.25, -0.2) is 13.4 Å². The van der Waals surface area contributed by atoms with Crippen molar-refractivity contribution >= 4 is 48.9 Å². The topological polar surface area (TPSA) is 88.2 Å². The van der Waals surface area contributed by atoms with Crippen LogP contribution in [0.4, 0.5) is 11.4 Å². The van der Waals surface area contributed by atoms with Crippen LogP contribution in [0, 0.1) is 19.1 Å². The highest BCUT2D eigenvalue weighted by molar-refractivity contribution is 7.92. The minimum absolute atomic E-state index is 0.0706. The van der Waals surface area contributed by atoms with E-state index in [0.29, 0.717) is 16.9 Å². The Bertz CT molecular complexity index is 1280. The largest absolute Gasteiger partial charge is 0.315 e. The summed E-state index contributed by atoms with van der Waals surface area (Å²) in [4.78, 5) is 16.8. The van der Waals surface area contributed by atoms with Gasteiger partial charge in [-0.15, -0.1) is 11.3 Å². The molecule has 8 heteroatoms. The predicted octanol–water partition coefficient (Wildman–Crippen LogP) is 4.26. The molecule has 0 aliphatic heterocycles. The van der Waals surface area contributed by atoms with E-state index in [-0.39, 0.29) is 10.8 Å². The molecular formula is C21H15N3O3S2. The second-order valence-electron chi connectivity index (χ2n) is 6.20. The summed E-state index contributed by atoms with van der Waals surface area (Å²) < 4.78 is 28.3. The molecule has 0 spiro atoms. The second-order valence-corrected chi connectivity index (χ2v) is 9.09. The predicted molar refractivity (Wildman–Crippen MR) is 114 cm³/mol. The molecule has 4 aromatic rings. The van der Waals surface area contributed by atoms with Gasteiger partial charge in [0.2, 0.25) is 0 Å². The number of fused-ring (bicyclic) bond motifs is 1. The third-order valence-electron chi connectivity index (χ3n) is 4.04. The van der Waals surface area contributed by atoms with Crippen LogP contribution in [0.25, 0.3) is 10.2 Å². The SMILES string of the molecule is Cc1nc2cc(C(=O)Nc3c#cc(S(=O)(=O)Nc4ccccc4)cc3)ccc2s1. The number of sulfonamides is 1. The Morgan fingerprint density at radius 3 is 2.55 bits per heavy atom. The van der Waals surface area contributed by atoms with Gasteiger partial charge in [0.15, 0.2) is 0 Å². The first-order valence-electron chi connectivity index (χ1n) is 8.61. The number of hydrogen-bond acceptors (Lipinski definition) is 5. The van der Waals surface area contributed by atoms with Crippen LogP contribution in [0.3, 0.4) is 0 Å². The summed E-state index contributed by atoms with van der Waals surface area (Å²) >= 11 is 1.56. The number of rotatable bonds is 5. The van der Waals surface area contributed by atoms with Gasteiger partial charge in [0.25, 0.3) is 15.9 Å². The van der Waals surface area contributed by atoms with E-state index in [4.69, 9.17) is 0 Å². The Labute approximate surface area is 172 Å². The van der Waals surface area contributed by atoms with Gasteiger partial charge in [-0.2, -0.15) is 0 Å². The lowest BCUT2D eigenvalue weighted by atomic mass is 10.2. The fourth-order valence-corrected chi connectivity index (χ4v) is 4.49. The third kappa shape index (κ3) is 4.21. The highest BCUT2D eigenvalue weighted by Gasteiger charge is 2.15. The fraction of sp³-hybridized carbons (Fsp3) is 0.0476. The highest BCUT2D eigenvalue weighted by Crippen LogP contribution is 2.23. The Morgan fingerprint density at radius 2 is 1.83 bits per heavy atom. The van der Waals surface area contributed by atoms with E-state index in [9.17, 15) is 13.2 Å². The lowest BCUT2D eigenvalue weighted by Crippen LogP contribution is -2.13. The van der Waals surface area contributed by atoms with Crippen molar-refractivity contribution < 1.29 is 13.2 Å². The highest BCUT2D eigenvalue weighted by atomic mass is 32.2. The first-order valence-corrected chi connectivity index (χ1v) is 10.9. The summed E-state index contributed by atoms with van der Waals surface area (Å²) in [6.07, 6.45) is 0. The lowest BCUT2D eigenvalue weighted by molar-refractivity contribution is 0.102. The third-order valence-corrected chi connectivity index (χ3v) is 6.32. The molecule has 1 amide bonds. The van der Waals surface area contributed by atoms with E-state index in [1.807, 2.05) is 13.0 Å². The average molecular weight is 422 g/mol. The molecule has 144 valence electrons. The fourth-order valence-electron chi connectivity index (χ4n) is 2.70. The number of carbonyl (C=O) groups is 1. The van der Waals surface area contributed by atoms with Gasteiger partial charge in [-0.3, -0.25) is 9.52 Å². The van der Waals surface area contributed by atoms with Crippen LogP contribution < -0.4 is 10.0 Å². The maximum atomic E-state index is 12.5. The molecule has 29 heavy (non-hydrogen) atoms. The number of hydrogen-bond donors (Lipinski definition) is 2. The van der Waals surface area contributed by atoms with Crippen LogP contribution in [0.15, 0.2) is 65.6 Å².